The van der Waals surface area contributed by atoms with Crippen molar-refractivity contribution in [3.8, 4) is 28.4 Å². The van der Waals surface area contributed by atoms with Gasteiger partial charge < -0.3 is 14.2 Å². The minimum atomic E-state index is -3.47. The molecule has 0 spiro atoms. The lowest BCUT2D eigenvalue weighted by Gasteiger charge is -2.27. The molecule has 0 radical (unpaired) electrons. The SMILES string of the molecule is [2H]C([2H])([2H])C(c1cc(-c2cccc3c4ccccc4c4ccccc4c4cccc5c4n(c23)CN5c2cccc(Oc3ccc4c5cc(C(C)(C)C)ccc5n(-c5cc(C(C)(C)C)ccn5)c4c3)c2)cc(C(C)(C)C)c1)(C([2H])([2H])[2H])C([2H])([2H])[2H]. The molecule has 0 N–H and O–H groups in total. The molecule has 4 heterocycles. The second-order valence-electron chi connectivity index (χ2n) is 23.5. The minimum absolute atomic E-state index is 0.0583. The smallest absolute Gasteiger partial charge is 0.137 e. The summed E-state index contributed by atoms with van der Waals surface area (Å²) in [5, 5.41) is 8.09. The summed E-state index contributed by atoms with van der Waals surface area (Å²) in [6.07, 6.45) is 1.89. The fourth-order valence-corrected chi connectivity index (χ4v) is 11.2. The van der Waals surface area contributed by atoms with Crippen molar-refractivity contribution in [2.45, 2.75) is 111 Å². The maximum Gasteiger partial charge on any atom is 0.137 e. The van der Waals surface area contributed by atoms with E-state index in [2.05, 4.69) is 171 Å². The summed E-state index contributed by atoms with van der Waals surface area (Å²) in [5.74, 6) is 2.11. The molecule has 0 atom stereocenters. The van der Waals surface area contributed by atoms with Gasteiger partial charge in [-0.25, -0.2) is 4.98 Å². The van der Waals surface area contributed by atoms with Gasteiger partial charge in [0.15, 0.2) is 0 Å². The van der Waals surface area contributed by atoms with Crippen LogP contribution in [0.4, 0.5) is 11.4 Å². The van der Waals surface area contributed by atoms with Crippen LogP contribution in [0.2, 0.25) is 0 Å². The van der Waals surface area contributed by atoms with Crippen molar-refractivity contribution >= 4 is 76.5 Å². The van der Waals surface area contributed by atoms with Crippen molar-refractivity contribution < 1.29 is 17.1 Å². The molecule has 0 saturated heterocycles. The van der Waals surface area contributed by atoms with Crippen molar-refractivity contribution in [3.05, 3.63) is 204 Å². The second-order valence-corrected chi connectivity index (χ2v) is 23.5. The van der Waals surface area contributed by atoms with Crippen LogP contribution in [0.1, 0.15) is 117 Å². The highest BCUT2D eigenvalue weighted by Gasteiger charge is 2.28. The molecule has 11 aromatic rings. The Bertz CT molecular complexity index is 4510. The van der Waals surface area contributed by atoms with E-state index in [0.717, 1.165) is 82.3 Å². The number of rotatable bonds is 5. The van der Waals surface area contributed by atoms with Gasteiger partial charge in [-0.1, -0.05) is 192 Å². The molecule has 8 aromatic carbocycles. The van der Waals surface area contributed by atoms with E-state index < -0.39 is 31.4 Å². The maximum absolute atomic E-state index is 8.82. The van der Waals surface area contributed by atoms with E-state index in [1.165, 1.54) is 23.3 Å². The third-order valence-electron chi connectivity index (χ3n) is 15.2. The maximum atomic E-state index is 8.82. The van der Waals surface area contributed by atoms with E-state index >= 15 is 0 Å². The highest BCUT2D eigenvalue weighted by molar-refractivity contribution is 6.22. The van der Waals surface area contributed by atoms with E-state index in [1.54, 1.807) is 0 Å². The first-order valence-corrected chi connectivity index (χ1v) is 26.0. The molecule has 0 aliphatic carbocycles. The molecule has 75 heavy (non-hydrogen) atoms. The summed E-state index contributed by atoms with van der Waals surface area (Å²) >= 11 is 0. The lowest BCUT2D eigenvalue weighted by Crippen LogP contribution is -2.17. The molecule has 0 bridgehead atoms. The van der Waals surface area contributed by atoms with Crippen molar-refractivity contribution in [1.82, 2.24) is 14.1 Å². The molecular weight excluding hydrogens is 913 g/mol. The number of ether oxygens (including phenoxy) is 1. The average Bonchev–Trinajstić information content (AvgIpc) is 0.942. The van der Waals surface area contributed by atoms with E-state index in [9.17, 15) is 0 Å². The molecule has 374 valence electrons. The predicted octanol–water partition coefficient (Wildman–Crippen LogP) is 19.5. The number of aromatic nitrogens is 3. The van der Waals surface area contributed by atoms with E-state index in [4.69, 9.17) is 22.1 Å². The molecule has 5 nitrogen and oxygen atoms in total. The van der Waals surface area contributed by atoms with Crippen LogP contribution >= 0.6 is 0 Å². The third-order valence-corrected chi connectivity index (χ3v) is 15.2. The first-order valence-electron chi connectivity index (χ1n) is 30.5. The summed E-state index contributed by atoms with van der Waals surface area (Å²) in [7, 11) is 0. The summed E-state index contributed by atoms with van der Waals surface area (Å²) in [5.41, 5.74) is 5.34. The number of para-hydroxylation sites is 2. The molecule has 1 aliphatic rings. The van der Waals surface area contributed by atoms with Crippen LogP contribution in [-0.2, 0) is 28.3 Å². The minimum Gasteiger partial charge on any atom is -0.457 e. The lowest BCUT2D eigenvalue weighted by molar-refractivity contribution is 0.483. The Balaban J connectivity index is 1.08. The number of hydrogen-bond donors (Lipinski definition) is 0. The number of anilines is 2. The fraction of sp³-hybridized carbons (Fsp3) is 0.243. The van der Waals surface area contributed by atoms with Crippen molar-refractivity contribution in [3.63, 3.8) is 0 Å². The van der Waals surface area contributed by atoms with Crippen LogP contribution in [-0.4, -0.2) is 14.1 Å². The van der Waals surface area contributed by atoms with E-state index in [1.807, 2.05) is 75.5 Å². The van der Waals surface area contributed by atoms with Crippen LogP contribution in [0.15, 0.2) is 182 Å². The Hall–Kier alpha value is -7.89. The van der Waals surface area contributed by atoms with Crippen LogP contribution < -0.4 is 9.64 Å². The zero-order valence-corrected chi connectivity index (χ0v) is 44.2. The number of fused-ring (bicyclic) bond motifs is 10. The highest BCUT2D eigenvalue weighted by atomic mass is 16.5. The number of hydrogen-bond acceptors (Lipinski definition) is 3. The van der Waals surface area contributed by atoms with Crippen LogP contribution in [0, 0.1) is 0 Å². The monoisotopic (exact) mass is 990 g/mol. The number of nitrogens with zero attached hydrogens (tertiary/aromatic N) is 4. The van der Waals surface area contributed by atoms with Gasteiger partial charge in [0.05, 0.1) is 27.8 Å². The Morgan fingerprint density at radius 1 is 0.440 bits per heavy atom. The summed E-state index contributed by atoms with van der Waals surface area (Å²) in [6.45, 7) is 9.12. The number of benzene rings is 8. The molecule has 5 heteroatoms. The first kappa shape index (κ1) is 38.7. The van der Waals surface area contributed by atoms with Crippen molar-refractivity contribution in [2.24, 2.45) is 0 Å². The Morgan fingerprint density at radius 2 is 1.03 bits per heavy atom. The standard InChI is InChI=1S/C70H68N4O/c1-67(2,3)45-30-33-61-60(39-45)57-32-31-51(42-63(57)74(61)64-40-46(34-35-71-64)68(4,5)6)75-50-21-17-20-49(41-50)72-43-73-65-52(44-36-47(69(7,8)9)38-48(37-44)70(10,11)12)26-18-27-58(65)55-24-15-13-22-53(55)54-23-14-16-25-56(54)59-28-19-29-62(72)66(59)73/h13-42H,43H2,1-12H3/i7D3,8D3,9D3. The molecule has 12 rings (SSSR count). The van der Waals surface area contributed by atoms with Gasteiger partial charge in [-0.2, -0.15) is 0 Å². The van der Waals surface area contributed by atoms with Gasteiger partial charge in [0.1, 0.15) is 24.0 Å². The van der Waals surface area contributed by atoms with Gasteiger partial charge in [-0.05, 0) is 126 Å². The van der Waals surface area contributed by atoms with Crippen molar-refractivity contribution in [1.29, 1.82) is 0 Å². The average molecular weight is 990 g/mol. The number of pyridine rings is 1. The summed E-state index contributed by atoms with van der Waals surface area (Å²) < 4.78 is 90.9. The molecule has 0 unspecified atom stereocenters. The molecule has 0 saturated carbocycles. The van der Waals surface area contributed by atoms with E-state index in [0.29, 0.717) is 34.9 Å². The normalized spacial score (nSPS) is 15.5. The Morgan fingerprint density at radius 3 is 1.69 bits per heavy atom. The van der Waals surface area contributed by atoms with Crippen LogP contribution in [0.25, 0.3) is 82.1 Å². The highest BCUT2D eigenvalue weighted by Crippen LogP contribution is 2.46. The molecule has 3 aromatic heterocycles. The van der Waals surface area contributed by atoms with Crippen LogP contribution in [0.5, 0.6) is 11.5 Å². The zero-order chi connectivity index (χ0) is 59.8. The predicted molar refractivity (Wildman–Crippen MR) is 320 cm³/mol. The van der Waals surface area contributed by atoms with Gasteiger partial charge in [-0.3, -0.25) is 4.57 Å². The molecule has 0 amide bonds. The topological polar surface area (TPSA) is 35.2 Å². The van der Waals surface area contributed by atoms with Gasteiger partial charge in [-0.15, -0.1) is 0 Å². The zero-order valence-electron chi connectivity index (χ0n) is 53.2. The third kappa shape index (κ3) is 8.38. The molecular formula is C70H68N4O. The quantitative estimate of drug-likeness (QED) is 0.172. The van der Waals surface area contributed by atoms with Crippen molar-refractivity contribution in [2.75, 3.05) is 4.90 Å². The molecule has 0 fully saturated rings. The summed E-state index contributed by atoms with van der Waals surface area (Å²) in [4.78, 5) is 7.23. The Labute approximate surface area is 455 Å². The fourth-order valence-electron chi connectivity index (χ4n) is 11.2. The second kappa shape index (κ2) is 17.3. The first-order chi connectivity index (χ1) is 39.5. The van der Waals surface area contributed by atoms with Crippen LogP contribution in [0.3, 0.4) is 0 Å². The summed E-state index contributed by atoms with van der Waals surface area (Å²) in [6, 6.07) is 59.4. The molecule has 1 aliphatic heterocycles. The van der Waals surface area contributed by atoms with Gasteiger partial charge in [0.2, 0.25) is 0 Å². The van der Waals surface area contributed by atoms with Gasteiger partial charge in [0, 0.05) is 63.5 Å². The largest absolute Gasteiger partial charge is 0.457 e. The van der Waals surface area contributed by atoms with Gasteiger partial charge >= 0.3 is 0 Å². The van der Waals surface area contributed by atoms with Gasteiger partial charge in [0.25, 0.3) is 0 Å². The lowest BCUT2D eigenvalue weighted by atomic mass is 9.78. The van der Waals surface area contributed by atoms with E-state index in [-0.39, 0.29) is 16.4 Å². The Kier molecular flexibility index (Phi) is 8.94.